The lowest BCUT2D eigenvalue weighted by Gasteiger charge is -2.48. The Kier molecular flexibility index (Phi) is 3.79. The summed E-state index contributed by atoms with van der Waals surface area (Å²) in [6.07, 6.45) is 0. The van der Waals surface area contributed by atoms with Crippen molar-refractivity contribution in [2.75, 3.05) is 0 Å². The topological polar surface area (TPSA) is 69.9 Å². The lowest BCUT2D eigenvalue weighted by atomic mass is 9.73. The molecule has 0 radical (unpaired) electrons. The third-order valence-corrected chi connectivity index (χ3v) is 2.74. The molecule has 3 N–H and O–H groups in total. The van der Waals surface area contributed by atoms with Gasteiger partial charge in [-0.15, -0.1) is 0 Å². The van der Waals surface area contributed by atoms with Crippen molar-refractivity contribution in [3.8, 4) is 0 Å². The van der Waals surface area contributed by atoms with E-state index < -0.39 is 23.9 Å². The van der Waals surface area contributed by atoms with Crippen LogP contribution in [0.15, 0.2) is 0 Å². The first-order chi connectivity index (χ1) is 5.92. The summed E-state index contributed by atoms with van der Waals surface area (Å²) in [6, 6.07) is 0. The van der Waals surface area contributed by atoms with Crippen molar-refractivity contribution in [2.45, 2.75) is 58.2 Å². The van der Waals surface area contributed by atoms with Gasteiger partial charge in [0.1, 0.15) is 5.60 Å². The van der Waals surface area contributed by atoms with Gasteiger partial charge in [-0.2, -0.15) is 0 Å². The second kappa shape index (κ2) is 3.81. The fourth-order valence-electron chi connectivity index (χ4n) is 1.38. The molecule has 14 heavy (non-hydrogen) atoms. The van der Waals surface area contributed by atoms with Crippen molar-refractivity contribution in [3.05, 3.63) is 0 Å². The number of rotatable bonds is 4. The Bertz CT molecular complexity index is 176. The SMILES string of the molecule is CB(O)OC(C)(C(C)(C)O)C(C)(C)O. The van der Waals surface area contributed by atoms with Gasteiger partial charge in [-0.3, -0.25) is 0 Å². The van der Waals surface area contributed by atoms with Gasteiger partial charge in [-0.1, -0.05) is 0 Å². The van der Waals surface area contributed by atoms with Gasteiger partial charge in [0.25, 0.3) is 0 Å². The molecule has 0 atom stereocenters. The molecule has 0 fully saturated rings. The second-order valence-electron chi connectivity index (χ2n) is 4.87. The highest BCUT2D eigenvalue weighted by Crippen LogP contribution is 2.36. The molecule has 0 aromatic heterocycles. The molecule has 0 spiro atoms. The summed E-state index contributed by atoms with van der Waals surface area (Å²) >= 11 is 0. The van der Waals surface area contributed by atoms with Gasteiger partial charge in [0.15, 0.2) is 0 Å². The summed E-state index contributed by atoms with van der Waals surface area (Å²) in [4.78, 5) is 0. The summed E-state index contributed by atoms with van der Waals surface area (Å²) in [5.41, 5.74) is -3.77. The van der Waals surface area contributed by atoms with Crippen LogP contribution in [0.25, 0.3) is 0 Å². The Labute approximate surface area is 86.0 Å². The smallest absolute Gasteiger partial charge is 0.427 e. The molecule has 0 saturated heterocycles. The van der Waals surface area contributed by atoms with Gasteiger partial charge in [-0.25, -0.2) is 0 Å². The zero-order valence-corrected chi connectivity index (χ0v) is 9.83. The van der Waals surface area contributed by atoms with Crippen LogP contribution in [0.3, 0.4) is 0 Å². The van der Waals surface area contributed by atoms with Crippen LogP contribution in [0, 0.1) is 0 Å². The summed E-state index contributed by atoms with van der Waals surface area (Å²) in [6.45, 7) is 9.15. The van der Waals surface area contributed by atoms with Crippen molar-refractivity contribution in [1.82, 2.24) is 0 Å². The van der Waals surface area contributed by atoms with Crippen LogP contribution in [0.1, 0.15) is 34.6 Å². The lowest BCUT2D eigenvalue weighted by molar-refractivity contribution is -0.203. The van der Waals surface area contributed by atoms with E-state index in [0.29, 0.717) is 0 Å². The van der Waals surface area contributed by atoms with Crippen LogP contribution < -0.4 is 0 Å². The summed E-state index contributed by atoms with van der Waals surface area (Å²) < 4.78 is 5.22. The molecule has 0 heterocycles. The molecule has 0 aliphatic heterocycles. The van der Waals surface area contributed by atoms with E-state index in [2.05, 4.69) is 0 Å². The minimum absolute atomic E-state index is 1.04. The molecule has 0 unspecified atom stereocenters. The van der Waals surface area contributed by atoms with E-state index in [-0.39, 0.29) is 0 Å². The lowest BCUT2D eigenvalue weighted by Crippen LogP contribution is -2.64. The van der Waals surface area contributed by atoms with Gasteiger partial charge in [0, 0.05) is 0 Å². The molecule has 0 aliphatic carbocycles. The largest absolute Gasteiger partial charge is 0.451 e. The van der Waals surface area contributed by atoms with E-state index in [0.717, 1.165) is 0 Å². The first-order valence-corrected chi connectivity index (χ1v) is 4.72. The molecule has 0 amide bonds. The predicted octanol–water partition coefficient (Wildman–Crippen LogP) is 0.414. The number of aliphatic hydroxyl groups is 2. The molecule has 0 aromatic carbocycles. The maximum atomic E-state index is 9.93. The van der Waals surface area contributed by atoms with Crippen molar-refractivity contribution < 1.29 is 19.9 Å². The molecule has 5 heteroatoms. The van der Waals surface area contributed by atoms with Gasteiger partial charge < -0.3 is 19.9 Å². The van der Waals surface area contributed by atoms with Gasteiger partial charge >= 0.3 is 7.12 Å². The summed E-state index contributed by atoms with van der Waals surface area (Å²) in [5.74, 6) is 0. The monoisotopic (exact) mass is 204 g/mol. The van der Waals surface area contributed by atoms with Gasteiger partial charge in [-0.05, 0) is 41.4 Å². The van der Waals surface area contributed by atoms with Crippen LogP contribution in [-0.2, 0) is 4.65 Å². The molecule has 0 rings (SSSR count). The molecular formula is C9H21BO4. The first-order valence-electron chi connectivity index (χ1n) is 4.72. The van der Waals surface area contributed by atoms with E-state index in [9.17, 15) is 15.2 Å². The average molecular weight is 204 g/mol. The molecule has 0 aliphatic rings. The normalized spacial score (nSPS) is 14.4. The number of hydrogen-bond acceptors (Lipinski definition) is 4. The fraction of sp³-hybridized carbons (Fsp3) is 1.00. The Morgan fingerprint density at radius 1 is 0.929 bits per heavy atom. The number of hydrogen-bond donors (Lipinski definition) is 3. The maximum absolute atomic E-state index is 9.93. The summed E-state index contributed by atoms with van der Waals surface area (Å²) in [5, 5.41) is 29.0. The Balaban J connectivity index is 5.07. The standard InChI is InChI=1S/C9H21BO4/c1-7(2,11)9(5,8(3,4)12)14-10(6)13/h11-13H,1-6H3. The predicted molar refractivity (Wildman–Crippen MR) is 55.9 cm³/mol. The second-order valence-corrected chi connectivity index (χ2v) is 4.87. The molecule has 0 bridgehead atoms. The minimum Gasteiger partial charge on any atom is -0.427 e. The molecule has 4 nitrogen and oxygen atoms in total. The molecule has 0 saturated carbocycles. The highest BCUT2D eigenvalue weighted by molar-refractivity contribution is 6.41. The average Bonchev–Trinajstić information content (AvgIpc) is 1.79. The van der Waals surface area contributed by atoms with E-state index in [1.54, 1.807) is 6.92 Å². The molecular weight excluding hydrogens is 183 g/mol. The zero-order chi connectivity index (χ0) is 11.8. The Morgan fingerprint density at radius 3 is 1.29 bits per heavy atom. The van der Waals surface area contributed by atoms with Gasteiger partial charge in [0.05, 0.1) is 11.2 Å². The minimum atomic E-state index is -1.26. The van der Waals surface area contributed by atoms with Crippen molar-refractivity contribution >= 4 is 7.12 Å². The Hall–Kier alpha value is -0.0951. The van der Waals surface area contributed by atoms with Gasteiger partial charge in [0.2, 0.25) is 0 Å². The third-order valence-electron chi connectivity index (χ3n) is 2.74. The van der Waals surface area contributed by atoms with E-state index in [4.69, 9.17) is 4.65 Å². The van der Waals surface area contributed by atoms with Crippen molar-refractivity contribution in [2.24, 2.45) is 0 Å². The zero-order valence-electron chi connectivity index (χ0n) is 9.83. The fourth-order valence-corrected chi connectivity index (χ4v) is 1.38. The summed E-state index contributed by atoms with van der Waals surface area (Å²) in [7, 11) is -1.04. The third kappa shape index (κ3) is 2.70. The molecule has 84 valence electrons. The van der Waals surface area contributed by atoms with E-state index in [1.165, 1.54) is 34.5 Å². The Morgan fingerprint density at radius 2 is 1.21 bits per heavy atom. The van der Waals surface area contributed by atoms with Crippen LogP contribution in [0.5, 0.6) is 0 Å². The quantitative estimate of drug-likeness (QED) is 0.580. The van der Waals surface area contributed by atoms with E-state index >= 15 is 0 Å². The van der Waals surface area contributed by atoms with Crippen LogP contribution in [0.2, 0.25) is 6.82 Å². The van der Waals surface area contributed by atoms with Crippen LogP contribution in [-0.4, -0.2) is 39.2 Å². The highest BCUT2D eigenvalue weighted by atomic mass is 16.6. The maximum Gasteiger partial charge on any atom is 0.451 e. The van der Waals surface area contributed by atoms with Crippen LogP contribution in [0.4, 0.5) is 0 Å². The van der Waals surface area contributed by atoms with E-state index in [1.807, 2.05) is 0 Å². The molecule has 0 aromatic rings. The first kappa shape index (κ1) is 13.9. The highest BCUT2D eigenvalue weighted by Gasteiger charge is 2.52. The van der Waals surface area contributed by atoms with Crippen molar-refractivity contribution in [3.63, 3.8) is 0 Å². The van der Waals surface area contributed by atoms with Crippen LogP contribution >= 0.6 is 0 Å². The van der Waals surface area contributed by atoms with Crippen molar-refractivity contribution in [1.29, 1.82) is 0 Å².